The fraction of sp³-hybridized carbons (Fsp3) is 0.250. The highest BCUT2D eigenvalue weighted by molar-refractivity contribution is 6.09. The number of nitrogens with two attached hydrogens (primary N) is 1. The first kappa shape index (κ1) is 13.8. The lowest BCUT2D eigenvalue weighted by Crippen LogP contribution is -2.53. The minimum Gasteiger partial charge on any atom is -0.351 e. The van der Waals surface area contributed by atoms with Crippen molar-refractivity contribution < 1.29 is 18.8 Å². The number of rotatable bonds is 2. The summed E-state index contributed by atoms with van der Waals surface area (Å²) in [5.74, 6) is -1.07. The molecule has 8 heteroatoms. The molecule has 1 fully saturated rings. The first-order valence-electron chi connectivity index (χ1n) is 5.73. The van der Waals surface area contributed by atoms with Crippen molar-refractivity contribution in [3.8, 4) is 0 Å². The van der Waals surface area contributed by atoms with Crippen LogP contribution in [0.25, 0.3) is 0 Å². The summed E-state index contributed by atoms with van der Waals surface area (Å²) in [5, 5.41) is 0. The summed E-state index contributed by atoms with van der Waals surface area (Å²) < 4.78 is 12.9. The first-order chi connectivity index (χ1) is 9.34. The number of anilines is 1. The van der Waals surface area contributed by atoms with Crippen LogP contribution in [-0.2, 0) is 4.79 Å². The van der Waals surface area contributed by atoms with E-state index < -0.39 is 30.0 Å². The lowest BCUT2D eigenvalue weighted by Gasteiger charge is -2.29. The van der Waals surface area contributed by atoms with Crippen LogP contribution in [0, 0.1) is 5.82 Å². The van der Waals surface area contributed by atoms with Crippen LogP contribution in [0.4, 0.5) is 19.7 Å². The summed E-state index contributed by atoms with van der Waals surface area (Å²) in [7, 11) is 2.69. The summed E-state index contributed by atoms with van der Waals surface area (Å²) in [4.78, 5) is 38.3. The van der Waals surface area contributed by atoms with E-state index in [9.17, 15) is 18.8 Å². The number of amides is 5. The highest BCUT2D eigenvalue weighted by atomic mass is 19.1. The van der Waals surface area contributed by atoms with Gasteiger partial charge in [0.15, 0.2) is 6.17 Å². The molecule has 1 aliphatic rings. The molecule has 0 radical (unpaired) electrons. The highest BCUT2D eigenvalue weighted by Crippen LogP contribution is 2.24. The average molecular weight is 280 g/mol. The number of imide groups is 1. The number of carbonyl (C=O) groups is 3. The van der Waals surface area contributed by atoms with Crippen LogP contribution in [0.1, 0.15) is 0 Å². The second-order valence-electron chi connectivity index (χ2n) is 4.35. The molecule has 2 N–H and O–H groups in total. The van der Waals surface area contributed by atoms with Gasteiger partial charge in [0.25, 0.3) is 5.91 Å². The van der Waals surface area contributed by atoms with Gasteiger partial charge in [-0.25, -0.2) is 14.0 Å². The maximum atomic E-state index is 12.9. The van der Waals surface area contributed by atoms with E-state index in [4.69, 9.17) is 5.73 Å². The van der Waals surface area contributed by atoms with Crippen LogP contribution >= 0.6 is 0 Å². The molecule has 106 valence electrons. The Hall–Kier alpha value is -2.64. The van der Waals surface area contributed by atoms with Gasteiger partial charge in [0.05, 0.1) is 0 Å². The SMILES string of the molecule is CN1C(=O)C(N(C(N)=O)c2ccc(F)cc2)N(C)C1=O. The Morgan fingerprint density at radius 2 is 1.80 bits per heavy atom. The molecule has 0 spiro atoms. The molecule has 1 unspecified atom stereocenters. The second kappa shape index (κ2) is 4.80. The van der Waals surface area contributed by atoms with E-state index >= 15 is 0 Å². The predicted molar refractivity (Wildman–Crippen MR) is 68.2 cm³/mol. The van der Waals surface area contributed by atoms with Crippen molar-refractivity contribution in [2.24, 2.45) is 5.73 Å². The molecule has 5 amide bonds. The molecule has 0 bridgehead atoms. The molecule has 0 aromatic heterocycles. The predicted octanol–water partition coefficient (Wildman–Crippen LogP) is 0.561. The maximum Gasteiger partial charge on any atom is 0.328 e. The summed E-state index contributed by atoms with van der Waals surface area (Å²) in [6.45, 7) is 0. The molecule has 0 saturated carbocycles. The number of carbonyl (C=O) groups excluding carboxylic acids is 3. The van der Waals surface area contributed by atoms with Crippen molar-refractivity contribution in [3.63, 3.8) is 0 Å². The molecule has 20 heavy (non-hydrogen) atoms. The van der Waals surface area contributed by atoms with Gasteiger partial charge >= 0.3 is 12.1 Å². The molecule has 7 nitrogen and oxygen atoms in total. The molecule has 1 aliphatic heterocycles. The van der Waals surface area contributed by atoms with Crippen LogP contribution in [-0.4, -0.2) is 48.0 Å². The van der Waals surface area contributed by atoms with Crippen molar-refractivity contribution in [1.29, 1.82) is 0 Å². The monoisotopic (exact) mass is 280 g/mol. The molecule has 1 heterocycles. The highest BCUT2D eigenvalue weighted by Gasteiger charge is 2.46. The quantitative estimate of drug-likeness (QED) is 0.803. The molecular formula is C12H13FN4O3. The van der Waals surface area contributed by atoms with E-state index in [1.807, 2.05) is 0 Å². The minimum absolute atomic E-state index is 0.229. The van der Waals surface area contributed by atoms with Gasteiger partial charge in [-0.05, 0) is 24.3 Å². The van der Waals surface area contributed by atoms with Gasteiger partial charge in [-0.2, -0.15) is 0 Å². The lowest BCUT2D eigenvalue weighted by atomic mass is 10.2. The molecule has 1 aromatic rings. The van der Waals surface area contributed by atoms with E-state index in [1.165, 1.54) is 26.2 Å². The Bertz CT molecular complexity index is 575. The maximum absolute atomic E-state index is 12.9. The van der Waals surface area contributed by atoms with Crippen LogP contribution in [0.2, 0.25) is 0 Å². The number of urea groups is 2. The average Bonchev–Trinajstić information content (AvgIpc) is 2.58. The van der Waals surface area contributed by atoms with Gasteiger partial charge in [-0.15, -0.1) is 0 Å². The Morgan fingerprint density at radius 1 is 1.25 bits per heavy atom. The largest absolute Gasteiger partial charge is 0.351 e. The molecule has 1 atom stereocenters. The number of benzene rings is 1. The van der Waals surface area contributed by atoms with Gasteiger partial charge in [-0.1, -0.05) is 0 Å². The van der Waals surface area contributed by atoms with Gasteiger partial charge < -0.3 is 5.73 Å². The van der Waals surface area contributed by atoms with Gasteiger partial charge in [0, 0.05) is 19.8 Å². The van der Waals surface area contributed by atoms with E-state index in [1.54, 1.807) is 0 Å². The number of likely N-dealkylation sites (N-methyl/N-ethyl adjacent to an activating group) is 2. The van der Waals surface area contributed by atoms with Crippen molar-refractivity contribution in [3.05, 3.63) is 30.1 Å². The molecule has 1 saturated heterocycles. The third kappa shape index (κ3) is 2.04. The van der Waals surface area contributed by atoms with Gasteiger partial charge in [0.2, 0.25) is 0 Å². The van der Waals surface area contributed by atoms with Crippen LogP contribution < -0.4 is 10.6 Å². The number of hydrogen-bond acceptors (Lipinski definition) is 3. The molecule has 1 aromatic carbocycles. The Morgan fingerprint density at radius 3 is 2.20 bits per heavy atom. The number of nitrogens with zero attached hydrogens (tertiary/aromatic N) is 3. The van der Waals surface area contributed by atoms with Gasteiger partial charge in [0.1, 0.15) is 5.82 Å². The fourth-order valence-electron chi connectivity index (χ4n) is 2.05. The van der Waals surface area contributed by atoms with E-state index in [0.29, 0.717) is 0 Å². The minimum atomic E-state index is -1.17. The summed E-state index contributed by atoms with van der Waals surface area (Å²) in [5.41, 5.74) is 5.52. The third-order valence-corrected chi connectivity index (χ3v) is 3.09. The zero-order valence-corrected chi connectivity index (χ0v) is 10.9. The number of hydrogen-bond donors (Lipinski definition) is 1. The normalized spacial score (nSPS) is 18.6. The standard InChI is InChI=1S/C12H13FN4O3/c1-15-9(10(18)16(2)12(15)20)17(11(14)19)8-5-3-7(13)4-6-8/h3-6,9H,1-2H3,(H2,14,19). The van der Waals surface area contributed by atoms with E-state index in [0.717, 1.165) is 26.8 Å². The van der Waals surface area contributed by atoms with Crippen LogP contribution in [0.5, 0.6) is 0 Å². The fourth-order valence-corrected chi connectivity index (χ4v) is 2.05. The Kier molecular flexibility index (Phi) is 3.31. The molecular weight excluding hydrogens is 267 g/mol. The van der Waals surface area contributed by atoms with Gasteiger partial charge in [-0.3, -0.25) is 19.5 Å². The molecule has 0 aliphatic carbocycles. The number of primary amides is 1. The zero-order valence-electron chi connectivity index (χ0n) is 10.9. The summed E-state index contributed by atoms with van der Waals surface area (Å²) in [6, 6.07) is 3.43. The van der Waals surface area contributed by atoms with Crippen molar-refractivity contribution >= 4 is 23.7 Å². The Balaban J connectivity index is 2.44. The summed E-state index contributed by atoms with van der Waals surface area (Å²) in [6.07, 6.45) is -1.17. The van der Waals surface area contributed by atoms with Crippen molar-refractivity contribution in [1.82, 2.24) is 9.80 Å². The molecule has 2 rings (SSSR count). The van der Waals surface area contributed by atoms with E-state index in [2.05, 4.69) is 0 Å². The van der Waals surface area contributed by atoms with Crippen LogP contribution in [0.3, 0.4) is 0 Å². The number of halogens is 1. The van der Waals surface area contributed by atoms with E-state index in [-0.39, 0.29) is 5.69 Å². The van der Waals surface area contributed by atoms with Crippen molar-refractivity contribution in [2.45, 2.75) is 6.17 Å². The smallest absolute Gasteiger partial charge is 0.328 e. The second-order valence-corrected chi connectivity index (χ2v) is 4.35. The van der Waals surface area contributed by atoms with Crippen LogP contribution in [0.15, 0.2) is 24.3 Å². The topological polar surface area (TPSA) is 87.0 Å². The lowest BCUT2D eigenvalue weighted by molar-refractivity contribution is -0.127. The van der Waals surface area contributed by atoms with Crippen molar-refractivity contribution in [2.75, 3.05) is 19.0 Å². The zero-order chi connectivity index (χ0) is 15.0. The first-order valence-corrected chi connectivity index (χ1v) is 5.73. The Labute approximate surface area is 114 Å². The summed E-state index contributed by atoms with van der Waals surface area (Å²) >= 11 is 0. The third-order valence-electron chi connectivity index (χ3n) is 3.09.